The van der Waals surface area contributed by atoms with Crippen LogP contribution in [0.3, 0.4) is 0 Å². The number of amides is 1. The van der Waals surface area contributed by atoms with E-state index in [2.05, 4.69) is 27.0 Å². The number of nitrogens with one attached hydrogen (secondary N) is 1. The Kier molecular flexibility index (Phi) is 4.76. The van der Waals surface area contributed by atoms with Gasteiger partial charge in [-0.1, -0.05) is 30.3 Å². The van der Waals surface area contributed by atoms with Crippen molar-refractivity contribution in [3.05, 3.63) is 42.4 Å². The van der Waals surface area contributed by atoms with Gasteiger partial charge in [0, 0.05) is 27.1 Å². The van der Waals surface area contributed by atoms with Gasteiger partial charge in [0.05, 0.1) is 17.9 Å². The summed E-state index contributed by atoms with van der Waals surface area (Å²) >= 11 is 0. The predicted octanol–water partition coefficient (Wildman–Crippen LogP) is 2.69. The molecular weight excluding hydrogens is 288 g/mol. The van der Waals surface area contributed by atoms with Crippen molar-refractivity contribution in [1.82, 2.24) is 19.8 Å². The molecule has 5 nitrogen and oxygen atoms in total. The molecule has 122 valence electrons. The van der Waals surface area contributed by atoms with Crippen molar-refractivity contribution in [2.45, 2.75) is 25.3 Å². The van der Waals surface area contributed by atoms with Crippen molar-refractivity contribution >= 4 is 5.91 Å². The minimum Gasteiger partial charge on any atom is -0.349 e. The first-order valence-corrected chi connectivity index (χ1v) is 8.19. The lowest BCUT2D eigenvalue weighted by molar-refractivity contribution is -0.129. The summed E-state index contributed by atoms with van der Waals surface area (Å²) in [7, 11) is 3.62. The molecule has 23 heavy (non-hydrogen) atoms. The first-order chi connectivity index (χ1) is 11.1. The molecule has 2 heterocycles. The van der Waals surface area contributed by atoms with Gasteiger partial charge in [-0.3, -0.25) is 9.69 Å². The van der Waals surface area contributed by atoms with Gasteiger partial charge in [0.2, 0.25) is 5.91 Å². The van der Waals surface area contributed by atoms with Crippen LogP contribution in [0.5, 0.6) is 0 Å². The summed E-state index contributed by atoms with van der Waals surface area (Å²) in [6.07, 6.45) is 4.72. The summed E-state index contributed by atoms with van der Waals surface area (Å²) in [6.45, 7) is 1.83. The molecule has 0 aliphatic carbocycles. The molecule has 3 rings (SSSR count). The second-order valence-electron chi connectivity index (χ2n) is 6.28. The van der Waals surface area contributed by atoms with E-state index < -0.39 is 0 Å². The first kappa shape index (κ1) is 15.7. The smallest absolute Gasteiger partial charge is 0.223 e. The van der Waals surface area contributed by atoms with Gasteiger partial charge in [-0.15, -0.1) is 0 Å². The number of aromatic nitrogens is 2. The van der Waals surface area contributed by atoms with E-state index in [9.17, 15) is 4.79 Å². The molecule has 1 fully saturated rings. The van der Waals surface area contributed by atoms with E-state index >= 15 is 0 Å². The van der Waals surface area contributed by atoms with Crippen molar-refractivity contribution in [2.75, 3.05) is 27.2 Å². The molecule has 0 spiro atoms. The molecule has 1 N–H and O–H groups in total. The van der Waals surface area contributed by atoms with Crippen molar-refractivity contribution in [1.29, 1.82) is 0 Å². The Morgan fingerprint density at radius 1 is 1.35 bits per heavy atom. The zero-order chi connectivity index (χ0) is 16.2. The molecule has 2 aromatic rings. The summed E-state index contributed by atoms with van der Waals surface area (Å²) in [4.78, 5) is 23.9. The summed E-state index contributed by atoms with van der Waals surface area (Å²) in [6, 6.07) is 10.5. The Hall–Kier alpha value is -2.14. The average Bonchev–Trinajstić information content (AvgIpc) is 3.22. The Morgan fingerprint density at radius 3 is 2.87 bits per heavy atom. The summed E-state index contributed by atoms with van der Waals surface area (Å²) in [5.41, 5.74) is 2.20. The molecule has 0 radical (unpaired) electrons. The summed E-state index contributed by atoms with van der Waals surface area (Å²) in [5, 5.41) is 0. The van der Waals surface area contributed by atoms with Crippen molar-refractivity contribution in [2.24, 2.45) is 0 Å². The molecule has 1 aromatic carbocycles. The highest BCUT2D eigenvalue weighted by atomic mass is 16.2. The number of hydrogen-bond acceptors (Lipinski definition) is 3. The van der Waals surface area contributed by atoms with Crippen LogP contribution >= 0.6 is 0 Å². The van der Waals surface area contributed by atoms with Crippen LogP contribution in [0.25, 0.3) is 11.3 Å². The minimum absolute atomic E-state index is 0.181. The van der Waals surface area contributed by atoms with Gasteiger partial charge in [0.15, 0.2) is 0 Å². The third-order valence-electron chi connectivity index (χ3n) is 4.47. The van der Waals surface area contributed by atoms with Crippen LogP contribution in [0.1, 0.15) is 31.1 Å². The number of hydrogen-bond donors (Lipinski definition) is 1. The number of H-pyrrole nitrogens is 1. The van der Waals surface area contributed by atoms with Gasteiger partial charge < -0.3 is 9.88 Å². The van der Waals surface area contributed by atoms with E-state index in [0.717, 1.165) is 43.0 Å². The topological polar surface area (TPSA) is 52.2 Å². The lowest BCUT2D eigenvalue weighted by Crippen LogP contribution is -2.30. The van der Waals surface area contributed by atoms with Gasteiger partial charge in [0.25, 0.3) is 0 Å². The highest BCUT2D eigenvalue weighted by Gasteiger charge is 2.28. The largest absolute Gasteiger partial charge is 0.349 e. The predicted molar refractivity (Wildman–Crippen MR) is 90.9 cm³/mol. The van der Waals surface area contributed by atoms with Crippen LogP contribution in [0.4, 0.5) is 0 Å². The third-order valence-corrected chi connectivity index (χ3v) is 4.47. The van der Waals surface area contributed by atoms with E-state index in [1.807, 2.05) is 38.5 Å². The molecule has 0 bridgehead atoms. The van der Waals surface area contributed by atoms with Gasteiger partial charge in [-0.05, 0) is 24.9 Å². The Labute approximate surface area is 137 Å². The molecule has 1 atom stereocenters. The lowest BCUT2D eigenvalue weighted by atomic mass is 10.2. The number of likely N-dealkylation sites (tertiary alicyclic amines) is 1. The van der Waals surface area contributed by atoms with E-state index in [4.69, 9.17) is 0 Å². The van der Waals surface area contributed by atoms with E-state index in [1.165, 1.54) is 0 Å². The number of carbonyl (C=O) groups is 1. The zero-order valence-electron chi connectivity index (χ0n) is 13.8. The van der Waals surface area contributed by atoms with E-state index in [0.29, 0.717) is 12.5 Å². The minimum atomic E-state index is 0.181. The number of rotatable bonds is 5. The molecular formula is C18H24N4O. The monoisotopic (exact) mass is 312 g/mol. The van der Waals surface area contributed by atoms with Crippen molar-refractivity contribution < 1.29 is 4.79 Å². The molecule has 0 saturated carbocycles. The van der Waals surface area contributed by atoms with Gasteiger partial charge in [-0.25, -0.2) is 4.98 Å². The highest BCUT2D eigenvalue weighted by molar-refractivity contribution is 5.75. The van der Waals surface area contributed by atoms with Crippen LogP contribution in [-0.2, 0) is 4.79 Å². The van der Waals surface area contributed by atoms with Gasteiger partial charge in [-0.2, -0.15) is 0 Å². The average molecular weight is 312 g/mol. The molecule has 1 aliphatic heterocycles. The molecule has 5 heteroatoms. The summed E-state index contributed by atoms with van der Waals surface area (Å²) < 4.78 is 0. The SMILES string of the molecule is CN(C)C(=O)CCN1CCC[C@H]1c1ncc(-c2ccccc2)[nH]1. The van der Waals surface area contributed by atoms with Crippen LogP contribution in [-0.4, -0.2) is 52.9 Å². The van der Waals surface area contributed by atoms with Crippen LogP contribution in [0.15, 0.2) is 36.5 Å². The quantitative estimate of drug-likeness (QED) is 0.923. The van der Waals surface area contributed by atoms with Crippen LogP contribution in [0, 0.1) is 0 Å². The van der Waals surface area contributed by atoms with Crippen molar-refractivity contribution in [3.63, 3.8) is 0 Å². The first-order valence-electron chi connectivity index (χ1n) is 8.19. The second-order valence-corrected chi connectivity index (χ2v) is 6.28. The third kappa shape index (κ3) is 3.62. The lowest BCUT2D eigenvalue weighted by Gasteiger charge is -2.23. The standard InChI is InChI=1S/C18H24N4O/c1-21(2)17(23)10-12-22-11-6-9-16(22)18-19-13-15(20-18)14-7-4-3-5-8-14/h3-5,7-8,13,16H,6,9-12H2,1-2H3,(H,19,20)/t16-/m0/s1. The summed E-state index contributed by atoms with van der Waals surface area (Å²) in [5.74, 6) is 1.19. The molecule has 0 unspecified atom stereocenters. The fraction of sp³-hybridized carbons (Fsp3) is 0.444. The number of nitrogens with zero attached hydrogens (tertiary/aromatic N) is 3. The maximum absolute atomic E-state index is 11.8. The fourth-order valence-electron chi connectivity index (χ4n) is 3.14. The van der Waals surface area contributed by atoms with E-state index in [1.54, 1.807) is 4.90 Å². The van der Waals surface area contributed by atoms with Gasteiger partial charge >= 0.3 is 0 Å². The van der Waals surface area contributed by atoms with Crippen LogP contribution in [0.2, 0.25) is 0 Å². The Morgan fingerprint density at radius 2 is 2.13 bits per heavy atom. The maximum Gasteiger partial charge on any atom is 0.223 e. The molecule has 1 aromatic heterocycles. The van der Waals surface area contributed by atoms with Gasteiger partial charge in [0.1, 0.15) is 5.82 Å². The number of imidazole rings is 1. The molecule has 1 saturated heterocycles. The Balaban J connectivity index is 1.68. The van der Waals surface area contributed by atoms with E-state index in [-0.39, 0.29) is 5.91 Å². The molecule has 1 amide bonds. The maximum atomic E-state index is 11.8. The Bertz CT molecular complexity index is 650. The van der Waals surface area contributed by atoms with Crippen molar-refractivity contribution in [3.8, 4) is 11.3 Å². The van der Waals surface area contributed by atoms with Crippen LogP contribution < -0.4 is 0 Å². The number of carbonyl (C=O) groups excluding carboxylic acids is 1. The highest BCUT2D eigenvalue weighted by Crippen LogP contribution is 2.31. The normalized spacial score (nSPS) is 18.3. The zero-order valence-corrected chi connectivity index (χ0v) is 13.8. The fourth-order valence-corrected chi connectivity index (χ4v) is 3.14. The number of benzene rings is 1. The molecule has 1 aliphatic rings. The number of aromatic amines is 1. The second kappa shape index (κ2) is 6.96.